The lowest BCUT2D eigenvalue weighted by Gasteiger charge is -2.27. The van der Waals surface area contributed by atoms with Crippen molar-refractivity contribution in [2.24, 2.45) is 0 Å². The molecule has 0 spiro atoms. The highest BCUT2D eigenvalue weighted by molar-refractivity contribution is 5.95. The van der Waals surface area contributed by atoms with Crippen molar-refractivity contribution in [3.63, 3.8) is 0 Å². The summed E-state index contributed by atoms with van der Waals surface area (Å²) in [5.41, 5.74) is -1.93. The van der Waals surface area contributed by atoms with Gasteiger partial charge in [0.1, 0.15) is 23.5 Å². The van der Waals surface area contributed by atoms with Crippen molar-refractivity contribution < 1.29 is 41.8 Å². The van der Waals surface area contributed by atoms with Crippen LogP contribution in [-0.2, 0) is 22.3 Å². The topological polar surface area (TPSA) is 122 Å². The first-order valence-electron chi connectivity index (χ1n) is 10.8. The largest absolute Gasteiger partial charge is 0.478 e. The zero-order valence-corrected chi connectivity index (χ0v) is 19.6. The van der Waals surface area contributed by atoms with Crippen molar-refractivity contribution in [1.29, 1.82) is 0 Å². The summed E-state index contributed by atoms with van der Waals surface area (Å²) in [4.78, 5) is 45.1. The first kappa shape index (κ1) is 26.8. The van der Waals surface area contributed by atoms with E-state index in [9.17, 15) is 37.1 Å². The quantitative estimate of drug-likeness (QED) is 0.584. The Morgan fingerprint density at radius 1 is 1.17 bits per heavy atom. The van der Waals surface area contributed by atoms with E-state index in [-0.39, 0.29) is 41.9 Å². The number of hydrogen-bond acceptors (Lipinski definition) is 6. The van der Waals surface area contributed by atoms with Gasteiger partial charge in [0.15, 0.2) is 0 Å². The number of likely N-dealkylation sites (tertiary alicyclic amines) is 1. The highest BCUT2D eigenvalue weighted by Crippen LogP contribution is 2.30. The van der Waals surface area contributed by atoms with Crippen LogP contribution in [0.5, 0.6) is 0 Å². The average Bonchev–Trinajstić information content (AvgIpc) is 3.17. The Bertz CT molecular complexity index is 1150. The summed E-state index contributed by atoms with van der Waals surface area (Å²) in [5.74, 6) is -2.02. The van der Waals surface area contributed by atoms with E-state index in [0.29, 0.717) is 0 Å². The number of rotatable bonds is 5. The van der Waals surface area contributed by atoms with E-state index in [0.717, 1.165) is 29.4 Å². The lowest BCUT2D eigenvalue weighted by molar-refractivity contribution is -0.141. The van der Waals surface area contributed by atoms with Gasteiger partial charge in [-0.25, -0.2) is 14.0 Å². The number of nitrogens with one attached hydrogen (secondary N) is 1. The molecule has 2 N–H and O–H groups in total. The van der Waals surface area contributed by atoms with Crippen molar-refractivity contribution in [2.75, 3.05) is 6.54 Å². The van der Waals surface area contributed by atoms with Gasteiger partial charge in [0.2, 0.25) is 5.91 Å². The Hall–Kier alpha value is -3.77. The van der Waals surface area contributed by atoms with Crippen LogP contribution in [0.1, 0.15) is 48.9 Å². The third kappa shape index (κ3) is 6.46. The van der Waals surface area contributed by atoms with Crippen molar-refractivity contribution in [2.45, 2.75) is 57.7 Å². The smallest absolute Gasteiger partial charge is 0.433 e. The van der Waals surface area contributed by atoms with Gasteiger partial charge in [-0.3, -0.25) is 19.7 Å². The van der Waals surface area contributed by atoms with Crippen molar-refractivity contribution in [1.82, 2.24) is 20.2 Å². The van der Waals surface area contributed by atoms with Crippen LogP contribution in [0.25, 0.3) is 11.1 Å². The van der Waals surface area contributed by atoms with E-state index in [4.69, 9.17) is 4.74 Å². The molecule has 1 saturated heterocycles. The van der Waals surface area contributed by atoms with Gasteiger partial charge in [0.05, 0.1) is 24.3 Å². The van der Waals surface area contributed by atoms with E-state index in [1.807, 2.05) is 0 Å². The van der Waals surface area contributed by atoms with Gasteiger partial charge in [-0.2, -0.15) is 13.2 Å². The molecule has 0 aromatic carbocycles. The molecule has 0 saturated carbocycles. The van der Waals surface area contributed by atoms with Crippen molar-refractivity contribution >= 4 is 18.0 Å². The molecule has 1 fully saturated rings. The Balaban J connectivity index is 1.78. The summed E-state index contributed by atoms with van der Waals surface area (Å²) >= 11 is 0. The van der Waals surface area contributed by atoms with Crippen LogP contribution in [0.4, 0.5) is 22.4 Å². The fraction of sp³-hybridized carbons (Fsp3) is 0.435. The molecule has 13 heteroatoms. The van der Waals surface area contributed by atoms with Crippen LogP contribution < -0.4 is 5.32 Å². The molecule has 0 bridgehead atoms. The van der Waals surface area contributed by atoms with Crippen LogP contribution in [0, 0.1) is 0 Å². The van der Waals surface area contributed by atoms with Crippen LogP contribution in [-0.4, -0.2) is 62.3 Å². The average molecular weight is 512 g/mol. The van der Waals surface area contributed by atoms with Gasteiger partial charge in [-0.15, -0.1) is 0 Å². The maximum atomic E-state index is 14.0. The molecule has 0 radical (unpaired) electrons. The number of carboxylic acid groups (broad SMARTS) is 1. The SMILES string of the molecule is CC(C)(C)OC(=O)N1C[C@H](F)CC1C(=O)NCc1cc(-c2ccc(C(F)(F)F)nc2)c(C(=O)O)cn1. The van der Waals surface area contributed by atoms with Crippen molar-refractivity contribution in [3.8, 4) is 11.1 Å². The fourth-order valence-corrected chi connectivity index (χ4v) is 3.58. The summed E-state index contributed by atoms with van der Waals surface area (Å²) in [6.07, 6.45) is -5.22. The van der Waals surface area contributed by atoms with Crippen LogP contribution in [0.3, 0.4) is 0 Å². The minimum atomic E-state index is -4.66. The normalized spacial score (nSPS) is 18.1. The standard InChI is InChI=1S/C23H24F4N4O5/c1-22(2,3)36-21(35)31-11-13(24)6-17(31)19(32)30-9-14-7-15(16(10-28-14)20(33)34)12-4-5-18(29-8-12)23(25,26)27/h4-5,7-8,10,13,17H,6,9,11H2,1-3H3,(H,30,32)(H,33,34)/t13-,17?/m1/s1. The number of carbonyl (C=O) groups is 3. The van der Waals surface area contributed by atoms with Gasteiger partial charge < -0.3 is 15.2 Å². The molecule has 194 valence electrons. The molecule has 2 amide bonds. The van der Waals surface area contributed by atoms with E-state index in [2.05, 4.69) is 15.3 Å². The van der Waals surface area contributed by atoms with E-state index >= 15 is 0 Å². The number of alkyl halides is 4. The summed E-state index contributed by atoms with van der Waals surface area (Å²) in [6.45, 7) is 4.40. The number of hydrogen-bond donors (Lipinski definition) is 2. The first-order chi connectivity index (χ1) is 16.7. The number of nitrogens with zero attached hydrogens (tertiary/aromatic N) is 3. The Morgan fingerprint density at radius 2 is 1.86 bits per heavy atom. The molecule has 2 aromatic heterocycles. The van der Waals surface area contributed by atoms with Gasteiger partial charge in [-0.1, -0.05) is 6.07 Å². The molecule has 2 atom stereocenters. The number of halogens is 4. The molecule has 0 aliphatic carbocycles. The molecule has 1 aliphatic heterocycles. The highest BCUT2D eigenvalue weighted by atomic mass is 19.4. The molecule has 2 aromatic rings. The van der Waals surface area contributed by atoms with E-state index in [1.165, 1.54) is 6.07 Å². The minimum absolute atomic E-state index is 0.0445. The van der Waals surface area contributed by atoms with E-state index < -0.39 is 47.7 Å². The summed E-state index contributed by atoms with van der Waals surface area (Å²) in [6, 6.07) is 1.98. The molecule has 36 heavy (non-hydrogen) atoms. The maximum absolute atomic E-state index is 14.0. The van der Waals surface area contributed by atoms with Gasteiger partial charge in [0, 0.05) is 29.9 Å². The third-order valence-electron chi connectivity index (χ3n) is 5.18. The maximum Gasteiger partial charge on any atom is 0.433 e. The number of aromatic carboxylic acids is 1. The highest BCUT2D eigenvalue weighted by Gasteiger charge is 2.41. The second-order valence-corrected chi connectivity index (χ2v) is 9.16. The monoisotopic (exact) mass is 512 g/mol. The lowest BCUT2D eigenvalue weighted by atomic mass is 10.0. The Labute approximate surface area is 203 Å². The lowest BCUT2D eigenvalue weighted by Crippen LogP contribution is -2.47. The second-order valence-electron chi connectivity index (χ2n) is 9.16. The number of pyridine rings is 2. The van der Waals surface area contributed by atoms with Crippen molar-refractivity contribution in [3.05, 3.63) is 47.5 Å². The minimum Gasteiger partial charge on any atom is -0.478 e. The summed E-state index contributed by atoms with van der Waals surface area (Å²) in [7, 11) is 0. The molecule has 3 heterocycles. The number of ether oxygens (including phenoxy) is 1. The number of carbonyl (C=O) groups excluding carboxylic acids is 2. The van der Waals surface area contributed by atoms with Gasteiger partial charge in [-0.05, 0) is 32.9 Å². The summed E-state index contributed by atoms with van der Waals surface area (Å²) < 4.78 is 57.7. The molecule has 1 unspecified atom stereocenters. The van der Waals surface area contributed by atoms with Gasteiger partial charge in [0.25, 0.3) is 0 Å². The molecular formula is C23H24F4N4O5. The zero-order valence-electron chi connectivity index (χ0n) is 19.6. The molecule has 3 rings (SSSR count). The first-order valence-corrected chi connectivity index (χ1v) is 10.8. The number of aromatic nitrogens is 2. The van der Waals surface area contributed by atoms with Gasteiger partial charge >= 0.3 is 18.2 Å². The van der Waals surface area contributed by atoms with Crippen LogP contribution >= 0.6 is 0 Å². The fourth-order valence-electron chi connectivity index (χ4n) is 3.58. The molecule has 9 nitrogen and oxygen atoms in total. The Kier molecular flexibility index (Phi) is 7.51. The molecular weight excluding hydrogens is 488 g/mol. The third-order valence-corrected chi connectivity index (χ3v) is 5.18. The Morgan fingerprint density at radius 3 is 2.42 bits per heavy atom. The molecule has 1 aliphatic rings. The second kappa shape index (κ2) is 10.1. The van der Waals surface area contributed by atoms with Crippen LogP contribution in [0.2, 0.25) is 0 Å². The zero-order chi connectivity index (χ0) is 26.8. The number of amides is 2. The summed E-state index contributed by atoms with van der Waals surface area (Å²) in [5, 5.41) is 12.0. The van der Waals surface area contributed by atoms with Crippen LogP contribution in [0.15, 0.2) is 30.6 Å². The predicted octanol–water partition coefficient (Wildman–Crippen LogP) is 3.82. The van der Waals surface area contributed by atoms with E-state index in [1.54, 1.807) is 20.8 Å². The number of carboxylic acids is 1. The predicted molar refractivity (Wildman–Crippen MR) is 118 cm³/mol.